The molecule has 1 saturated carbocycles. The van der Waals surface area contributed by atoms with E-state index in [1.165, 1.54) is 10.9 Å². The van der Waals surface area contributed by atoms with Crippen molar-refractivity contribution in [3.05, 3.63) is 66.0 Å². The van der Waals surface area contributed by atoms with Gasteiger partial charge in [-0.25, -0.2) is 4.68 Å². The Kier molecular flexibility index (Phi) is 8.04. The van der Waals surface area contributed by atoms with Crippen molar-refractivity contribution in [2.45, 2.75) is 57.0 Å². The van der Waals surface area contributed by atoms with Crippen LogP contribution < -0.4 is 14.8 Å². The molecule has 1 saturated heterocycles. The van der Waals surface area contributed by atoms with E-state index in [9.17, 15) is 14.4 Å². The molecule has 2 fully saturated rings. The lowest BCUT2D eigenvalue weighted by Gasteiger charge is -2.25. The number of nitrogens with one attached hydrogen (secondary N) is 1. The quantitative estimate of drug-likeness (QED) is 0.501. The smallest absolute Gasteiger partial charge is 0.244 e. The number of hydrogen-bond donors (Lipinski definition) is 1. The summed E-state index contributed by atoms with van der Waals surface area (Å²) in [7, 11) is 1.59. The van der Waals surface area contributed by atoms with Gasteiger partial charge in [0.05, 0.1) is 38.6 Å². The largest absolute Gasteiger partial charge is 0.493 e. The van der Waals surface area contributed by atoms with Crippen LogP contribution in [0.1, 0.15) is 30.4 Å². The van der Waals surface area contributed by atoms with Gasteiger partial charge in [0.2, 0.25) is 17.7 Å². The van der Waals surface area contributed by atoms with Crippen LogP contribution in [-0.2, 0) is 38.7 Å². The Hall–Kier alpha value is -4.45. The van der Waals surface area contributed by atoms with Gasteiger partial charge in [-0.3, -0.25) is 14.4 Å². The zero-order valence-corrected chi connectivity index (χ0v) is 23.5. The van der Waals surface area contributed by atoms with E-state index in [2.05, 4.69) is 15.6 Å². The summed E-state index contributed by atoms with van der Waals surface area (Å²) in [4.78, 5) is 42.9. The SMILES string of the molecule is COc1cc2ccc1Oc1cccc(c1)CO[C@H]1CN(C(=O)Cn3ccnn3)C[C@@H]1NC(=O)CN(C1CC1)C(=O)CC2. The first-order chi connectivity index (χ1) is 20.4. The predicted molar refractivity (Wildman–Crippen MR) is 150 cm³/mol. The zero-order valence-electron chi connectivity index (χ0n) is 23.5. The van der Waals surface area contributed by atoms with E-state index < -0.39 is 12.1 Å². The Balaban J connectivity index is 1.25. The number of ether oxygens (including phenoxy) is 3. The third kappa shape index (κ3) is 6.54. The molecule has 3 aliphatic heterocycles. The van der Waals surface area contributed by atoms with Crippen LogP contribution in [0.4, 0.5) is 0 Å². The maximum Gasteiger partial charge on any atom is 0.244 e. The number of nitrogens with zero attached hydrogens (tertiary/aromatic N) is 5. The van der Waals surface area contributed by atoms with Gasteiger partial charge >= 0.3 is 0 Å². The molecule has 2 aromatic carbocycles. The molecule has 220 valence electrons. The second-order valence-electron chi connectivity index (χ2n) is 10.9. The summed E-state index contributed by atoms with van der Waals surface area (Å²) in [6, 6.07) is 12.9. The molecule has 2 atom stereocenters. The highest BCUT2D eigenvalue weighted by molar-refractivity contribution is 5.86. The average Bonchev–Trinajstić information content (AvgIpc) is 3.55. The fourth-order valence-corrected chi connectivity index (χ4v) is 5.43. The number of carbonyl (C=O) groups excluding carboxylic acids is 3. The van der Waals surface area contributed by atoms with Gasteiger partial charge in [-0.2, -0.15) is 0 Å². The summed E-state index contributed by atoms with van der Waals surface area (Å²) < 4.78 is 19.5. The van der Waals surface area contributed by atoms with Gasteiger partial charge in [0, 0.05) is 31.7 Å². The number of likely N-dealkylation sites (tertiary alicyclic amines) is 1. The molecule has 0 unspecified atom stereocenters. The summed E-state index contributed by atoms with van der Waals surface area (Å²) in [6.07, 6.45) is 5.26. The average molecular weight is 575 g/mol. The number of aromatic nitrogens is 3. The Bertz CT molecular complexity index is 1440. The van der Waals surface area contributed by atoms with Crippen LogP contribution in [0.2, 0.25) is 0 Å². The van der Waals surface area contributed by atoms with Crippen molar-refractivity contribution in [3.63, 3.8) is 0 Å². The van der Waals surface area contributed by atoms with Gasteiger partial charge in [0.25, 0.3) is 0 Å². The van der Waals surface area contributed by atoms with Gasteiger partial charge in [0.15, 0.2) is 11.5 Å². The maximum absolute atomic E-state index is 13.3. The van der Waals surface area contributed by atoms with Crippen LogP contribution in [0, 0.1) is 0 Å². The fraction of sp³-hybridized carbons (Fsp3) is 0.433. The van der Waals surface area contributed by atoms with Crippen molar-refractivity contribution in [2.24, 2.45) is 0 Å². The molecule has 4 bridgehead atoms. The number of rotatable bonds is 4. The lowest BCUT2D eigenvalue weighted by atomic mass is 10.1. The zero-order chi connectivity index (χ0) is 29.1. The van der Waals surface area contributed by atoms with E-state index in [1.807, 2.05) is 42.5 Å². The molecule has 42 heavy (non-hydrogen) atoms. The molecule has 3 aromatic rings. The fourth-order valence-electron chi connectivity index (χ4n) is 5.43. The Morgan fingerprint density at radius 1 is 1.10 bits per heavy atom. The van der Waals surface area contributed by atoms with E-state index in [1.54, 1.807) is 23.1 Å². The summed E-state index contributed by atoms with van der Waals surface area (Å²) in [6.45, 7) is 0.863. The highest BCUT2D eigenvalue weighted by Gasteiger charge is 2.39. The van der Waals surface area contributed by atoms with Crippen LogP contribution in [0.15, 0.2) is 54.9 Å². The molecule has 4 aliphatic rings. The van der Waals surface area contributed by atoms with Crippen molar-refractivity contribution >= 4 is 17.7 Å². The number of amides is 3. The molecule has 12 heteroatoms. The van der Waals surface area contributed by atoms with Crippen LogP contribution in [0.5, 0.6) is 17.2 Å². The molecule has 1 N–H and O–H groups in total. The van der Waals surface area contributed by atoms with Crippen LogP contribution >= 0.6 is 0 Å². The monoisotopic (exact) mass is 574 g/mol. The summed E-state index contributed by atoms with van der Waals surface area (Å²) in [5, 5.41) is 10.7. The first-order valence-electron chi connectivity index (χ1n) is 14.2. The van der Waals surface area contributed by atoms with Crippen molar-refractivity contribution < 1.29 is 28.6 Å². The highest BCUT2D eigenvalue weighted by atomic mass is 16.5. The number of carbonyl (C=O) groups is 3. The number of methoxy groups -OCH3 is 1. The molecule has 0 spiro atoms. The van der Waals surface area contributed by atoms with E-state index in [0.717, 1.165) is 24.0 Å². The minimum atomic E-state index is -0.447. The topological polar surface area (TPSA) is 128 Å². The van der Waals surface area contributed by atoms with E-state index >= 15 is 0 Å². The summed E-state index contributed by atoms with van der Waals surface area (Å²) in [5.74, 6) is 1.28. The molecule has 7 rings (SSSR count). The first kappa shape index (κ1) is 27.7. The molecular weight excluding hydrogens is 540 g/mol. The minimum absolute atomic E-state index is 0.0300. The molecular formula is C30H34N6O6. The van der Waals surface area contributed by atoms with Crippen LogP contribution in [0.25, 0.3) is 0 Å². The third-order valence-electron chi connectivity index (χ3n) is 7.80. The first-order valence-corrected chi connectivity index (χ1v) is 14.2. The predicted octanol–water partition coefficient (Wildman–Crippen LogP) is 1.93. The van der Waals surface area contributed by atoms with E-state index in [4.69, 9.17) is 14.2 Å². The minimum Gasteiger partial charge on any atom is -0.493 e. The number of fused-ring (bicyclic) bond motifs is 9. The van der Waals surface area contributed by atoms with Gasteiger partial charge in [-0.1, -0.05) is 23.4 Å². The molecule has 1 aliphatic carbocycles. The molecule has 12 nitrogen and oxygen atoms in total. The number of hydrogen-bond acceptors (Lipinski definition) is 8. The van der Waals surface area contributed by atoms with Gasteiger partial charge in [-0.15, -0.1) is 5.10 Å². The van der Waals surface area contributed by atoms with Crippen LogP contribution in [-0.4, -0.2) is 87.4 Å². The van der Waals surface area contributed by atoms with Gasteiger partial charge in [0.1, 0.15) is 12.3 Å². The maximum atomic E-state index is 13.3. The van der Waals surface area contributed by atoms with Crippen LogP contribution in [0.3, 0.4) is 0 Å². The second-order valence-corrected chi connectivity index (χ2v) is 10.9. The molecule has 3 amide bonds. The standard InChI is InChI=1S/C30H34N6O6/c1-40-26-14-20-5-9-25(26)42-23-4-2-3-21(13-23)19-41-27-16-34(30(39)18-35-12-11-31-33-35)15-24(27)32-28(37)17-36(22-7-8-22)29(38)10-6-20/h2-5,9,11-14,22,24,27H,6-8,10,15-19H2,1H3,(H,32,37)/t24-,27-/m0/s1. The van der Waals surface area contributed by atoms with E-state index in [0.29, 0.717) is 30.2 Å². The third-order valence-corrected chi connectivity index (χ3v) is 7.80. The Morgan fingerprint density at radius 3 is 2.76 bits per heavy atom. The molecule has 1 aromatic heterocycles. The highest BCUT2D eigenvalue weighted by Crippen LogP contribution is 2.34. The lowest BCUT2D eigenvalue weighted by molar-refractivity contribution is -0.137. The van der Waals surface area contributed by atoms with Crippen molar-refractivity contribution in [2.75, 3.05) is 26.7 Å². The molecule has 4 heterocycles. The van der Waals surface area contributed by atoms with Crippen molar-refractivity contribution in [1.29, 1.82) is 0 Å². The lowest BCUT2D eigenvalue weighted by Crippen LogP contribution is -2.49. The van der Waals surface area contributed by atoms with Gasteiger partial charge < -0.3 is 29.3 Å². The Morgan fingerprint density at radius 2 is 1.98 bits per heavy atom. The van der Waals surface area contributed by atoms with Gasteiger partial charge in [-0.05, 0) is 54.7 Å². The summed E-state index contributed by atoms with van der Waals surface area (Å²) >= 11 is 0. The van der Waals surface area contributed by atoms with Crippen molar-refractivity contribution in [3.8, 4) is 17.2 Å². The second kappa shape index (κ2) is 12.2. The summed E-state index contributed by atoms with van der Waals surface area (Å²) in [5.41, 5.74) is 1.82. The molecule has 0 radical (unpaired) electrons. The Labute approximate surface area is 243 Å². The number of aryl methyl sites for hydroxylation is 1. The number of benzene rings is 2. The van der Waals surface area contributed by atoms with Crippen molar-refractivity contribution in [1.82, 2.24) is 30.1 Å². The normalized spacial score (nSPS) is 21.5. The van der Waals surface area contributed by atoms with E-state index in [-0.39, 0.29) is 56.4 Å².